The highest BCUT2D eigenvalue weighted by atomic mass is 15.3. The molecule has 2 aromatic rings. The molecule has 2 N–H and O–H groups in total. The average molecular weight is 275 g/mol. The Morgan fingerprint density at radius 2 is 2.10 bits per heavy atom. The van der Waals surface area contributed by atoms with Crippen molar-refractivity contribution in [1.29, 1.82) is 0 Å². The van der Waals surface area contributed by atoms with Crippen LogP contribution in [0, 0.1) is 13.8 Å². The molecule has 5 nitrogen and oxygen atoms in total. The molecule has 0 bridgehead atoms. The maximum absolute atomic E-state index is 6.25. The normalized spacial score (nSPS) is 12.8. The number of aromatic nitrogens is 4. The van der Waals surface area contributed by atoms with E-state index in [1.807, 2.05) is 22.6 Å². The molecule has 20 heavy (non-hydrogen) atoms. The summed E-state index contributed by atoms with van der Waals surface area (Å²) < 4.78 is 3.89. The Morgan fingerprint density at radius 1 is 1.35 bits per heavy atom. The van der Waals surface area contributed by atoms with E-state index >= 15 is 0 Å². The molecule has 2 rings (SSSR count). The smallest absolute Gasteiger partial charge is 0.0628 e. The van der Waals surface area contributed by atoms with Crippen LogP contribution in [0.15, 0.2) is 12.4 Å². The lowest BCUT2D eigenvalue weighted by Gasteiger charge is -2.10. The second kappa shape index (κ2) is 6.22. The lowest BCUT2D eigenvalue weighted by molar-refractivity contribution is 0.606. The highest BCUT2D eigenvalue weighted by Gasteiger charge is 2.12. The molecule has 0 aromatic carbocycles. The van der Waals surface area contributed by atoms with Crippen LogP contribution in [0.4, 0.5) is 0 Å². The van der Waals surface area contributed by atoms with Gasteiger partial charge in [-0.3, -0.25) is 9.36 Å². The van der Waals surface area contributed by atoms with E-state index < -0.39 is 0 Å². The van der Waals surface area contributed by atoms with Gasteiger partial charge in [-0.1, -0.05) is 0 Å². The topological polar surface area (TPSA) is 61.7 Å². The molecule has 110 valence electrons. The molecule has 1 atom stereocenters. The molecule has 0 spiro atoms. The summed E-state index contributed by atoms with van der Waals surface area (Å²) in [6, 6.07) is 0.170. The first-order valence-corrected chi connectivity index (χ1v) is 7.27. The molecule has 0 saturated heterocycles. The van der Waals surface area contributed by atoms with Gasteiger partial charge in [0.05, 0.1) is 11.9 Å². The Morgan fingerprint density at radius 3 is 2.65 bits per heavy atom. The van der Waals surface area contributed by atoms with E-state index in [0.717, 1.165) is 31.5 Å². The van der Waals surface area contributed by atoms with Gasteiger partial charge >= 0.3 is 0 Å². The molecular formula is C15H25N5. The van der Waals surface area contributed by atoms with Crippen molar-refractivity contribution in [3.63, 3.8) is 0 Å². The lowest BCUT2D eigenvalue weighted by Crippen LogP contribution is -2.23. The minimum atomic E-state index is 0.170. The molecule has 0 saturated carbocycles. The van der Waals surface area contributed by atoms with Gasteiger partial charge in [0, 0.05) is 31.5 Å². The SMILES string of the molecule is CCn1cc(CC(N)CCc2c(C)nn(C)c2C)cn1. The maximum Gasteiger partial charge on any atom is 0.0628 e. The molecule has 0 amide bonds. The molecule has 0 aliphatic heterocycles. The van der Waals surface area contributed by atoms with Crippen molar-refractivity contribution in [2.24, 2.45) is 12.8 Å². The van der Waals surface area contributed by atoms with E-state index in [0.29, 0.717) is 0 Å². The van der Waals surface area contributed by atoms with Gasteiger partial charge in [0.1, 0.15) is 0 Å². The van der Waals surface area contributed by atoms with E-state index in [1.54, 1.807) is 0 Å². The van der Waals surface area contributed by atoms with Crippen LogP contribution in [0.3, 0.4) is 0 Å². The van der Waals surface area contributed by atoms with Gasteiger partial charge in [0.15, 0.2) is 0 Å². The van der Waals surface area contributed by atoms with Crippen molar-refractivity contribution >= 4 is 0 Å². The van der Waals surface area contributed by atoms with Crippen LogP contribution in [-0.4, -0.2) is 25.6 Å². The molecule has 0 aliphatic carbocycles. The molecule has 2 heterocycles. The summed E-state index contributed by atoms with van der Waals surface area (Å²) in [5.41, 5.74) is 11.2. The number of nitrogens with zero attached hydrogens (tertiary/aromatic N) is 4. The zero-order valence-electron chi connectivity index (χ0n) is 12.9. The Bertz CT molecular complexity index is 567. The van der Waals surface area contributed by atoms with Gasteiger partial charge in [-0.25, -0.2) is 0 Å². The van der Waals surface area contributed by atoms with Crippen molar-refractivity contribution in [2.75, 3.05) is 0 Å². The summed E-state index contributed by atoms with van der Waals surface area (Å²) >= 11 is 0. The van der Waals surface area contributed by atoms with Crippen molar-refractivity contribution in [2.45, 2.75) is 52.6 Å². The fourth-order valence-electron chi connectivity index (χ4n) is 2.60. The molecule has 1 unspecified atom stereocenters. The Kier molecular flexibility index (Phi) is 4.60. The maximum atomic E-state index is 6.25. The Hall–Kier alpha value is -1.62. The van der Waals surface area contributed by atoms with Crippen molar-refractivity contribution in [1.82, 2.24) is 19.6 Å². The van der Waals surface area contributed by atoms with Crippen LogP contribution < -0.4 is 5.73 Å². The summed E-state index contributed by atoms with van der Waals surface area (Å²) in [5, 5.41) is 8.73. The quantitative estimate of drug-likeness (QED) is 0.873. The zero-order chi connectivity index (χ0) is 14.7. The summed E-state index contributed by atoms with van der Waals surface area (Å²) in [7, 11) is 1.99. The minimum absolute atomic E-state index is 0.170. The number of aryl methyl sites for hydroxylation is 3. The Labute approximate surface area is 120 Å². The highest BCUT2D eigenvalue weighted by Crippen LogP contribution is 2.15. The molecule has 0 radical (unpaired) electrons. The van der Waals surface area contributed by atoms with Crippen molar-refractivity contribution < 1.29 is 0 Å². The van der Waals surface area contributed by atoms with Crippen molar-refractivity contribution in [3.05, 3.63) is 34.9 Å². The third kappa shape index (κ3) is 3.28. The van der Waals surface area contributed by atoms with E-state index in [-0.39, 0.29) is 6.04 Å². The summed E-state index contributed by atoms with van der Waals surface area (Å²) in [5.74, 6) is 0. The first-order chi connectivity index (χ1) is 9.51. The second-order valence-corrected chi connectivity index (χ2v) is 5.48. The first-order valence-electron chi connectivity index (χ1n) is 7.27. The summed E-state index contributed by atoms with van der Waals surface area (Å²) in [6.45, 7) is 7.18. The zero-order valence-corrected chi connectivity index (χ0v) is 12.9. The highest BCUT2D eigenvalue weighted by molar-refractivity contribution is 5.24. The number of hydrogen-bond donors (Lipinski definition) is 1. The van der Waals surface area contributed by atoms with E-state index in [9.17, 15) is 0 Å². The third-order valence-electron chi connectivity index (χ3n) is 3.93. The van der Waals surface area contributed by atoms with Crippen LogP contribution in [0.5, 0.6) is 0 Å². The van der Waals surface area contributed by atoms with Crippen LogP contribution in [0.2, 0.25) is 0 Å². The van der Waals surface area contributed by atoms with Crippen molar-refractivity contribution in [3.8, 4) is 0 Å². The van der Waals surface area contributed by atoms with Crippen LogP contribution in [0.1, 0.15) is 35.9 Å². The average Bonchev–Trinajstić information content (AvgIpc) is 2.94. The second-order valence-electron chi connectivity index (χ2n) is 5.48. The van der Waals surface area contributed by atoms with E-state index in [4.69, 9.17) is 5.73 Å². The first kappa shape index (κ1) is 14.8. The molecule has 5 heteroatoms. The molecule has 0 fully saturated rings. The van der Waals surface area contributed by atoms with Gasteiger partial charge in [0.25, 0.3) is 0 Å². The van der Waals surface area contributed by atoms with E-state index in [1.165, 1.54) is 16.8 Å². The molecular weight excluding hydrogens is 250 g/mol. The Balaban J connectivity index is 1.90. The number of nitrogens with two attached hydrogens (primary N) is 1. The summed E-state index contributed by atoms with van der Waals surface area (Å²) in [6.07, 6.45) is 6.86. The molecule has 0 aliphatic rings. The standard InChI is InChI=1S/C15H25N5/c1-5-20-10-13(9-17-20)8-14(16)6-7-15-11(2)18-19(4)12(15)3/h9-10,14H,5-8,16H2,1-4H3. The predicted octanol–water partition coefficient (Wildman–Crippen LogP) is 1.76. The van der Waals surface area contributed by atoms with Gasteiger partial charge in [0.2, 0.25) is 0 Å². The third-order valence-corrected chi connectivity index (χ3v) is 3.93. The van der Waals surface area contributed by atoms with Crippen LogP contribution in [-0.2, 0) is 26.4 Å². The van der Waals surface area contributed by atoms with Gasteiger partial charge in [-0.05, 0) is 51.2 Å². The number of hydrogen-bond acceptors (Lipinski definition) is 3. The lowest BCUT2D eigenvalue weighted by atomic mass is 10.0. The predicted molar refractivity (Wildman–Crippen MR) is 80.6 cm³/mol. The van der Waals surface area contributed by atoms with Gasteiger partial charge < -0.3 is 5.73 Å². The monoisotopic (exact) mass is 275 g/mol. The summed E-state index contributed by atoms with van der Waals surface area (Å²) in [4.78, 5) is 0. The van der Waals surface area contributed by atoms with Crippen LogP contribution in [0.25, 0.3) is 0 Å². The molecule has 2 aromatic heterocycles. The van der Waals surface area contributed by atoms with Gasteiger partial charge in [-0.2, -0.15) is 10.2 Å². The van der Waals surface area contributed by atoms with Crippen LogP contribution >= 0.6 is 0 Å². The minimum Gasteiger partial charge on any atom is -0.327 e. The largest absolute Gasteiger partial charge is 0.327 e. The fourth-order valence-corrected chi connectivity index (χ4v) is 2.60. The van der Waals surface area contributed by atoms with E-state index in [2.05, 4.69) is 37.2 Å². The fraction of sp³-hybridized carbons (Fsp3) is 0.600. The number of rotatable bonds is 6. The van der Waals surface area contributed by atoms with Gasteiger partial charge in [-0.15, -0.1) is 0 Å².